The van der Waals surface area contributed by atoms with Crippen molar-refractivity contribution in [2.45, 2.75) is 26.1 Å². The second kappa shape index (κ2) is 7.15. The zero-order valence-electron chi connectivity index (χ0n) is 15.3. The molecule has 2 aromatic carbocycles. The van der Waals surface area contributed by atoms with Crippen LogP contribution in [0.5, 0.6) is 11.5 Å². The molecule has 1 aromatic heterocycles. The fourth-order valence-corrected chi connectivity index (χ4v) is 3.31. The lowest BCUT2D eigenvalue weighted by molar-refractivity contribution is 0.0947. The van der Waals surface area contributed by atoms with Gasteiger partial charge in [-0.15, -0.1) is 0 Å². The van der Waals surface area contributed by atoms with Gasteiger partial charge in [0.05, 0.1) is 19.7 Å². The van der Waals surface area contributed by atoms with Crippen molar-refractivity contribution in [2.75, 3.05) is 12.0 Å². The van der Waals surface area contributed by atoms with Gasteiger partial charge in [0, 0.05) is 11.8 Å². The van der Waals surface area contributed by atoms with E-state index in [4.69, 9.17) is 9.47 Å². The van der Waals surface area contributed by atoms with Gasteiger partial charge in [0.1, 0.15) is 29.5 Å². The van der Waals surface area contributed by atoms with Gasteiger partial charge in [-0.1, -0.05) is 24.3 Å². The van der Waals surface area contributed by atoms with Gasteiger partial charge >= 0.3 is 0 Å². The lowest BCUT2D eigenvalue weighted by Gasteiger charge is -2.33. The molecule has 4 rings (SSSR count). The molecule has 6 heteroatoms. The van der Waals surface area contributed by atoms with Crippen LogP contribution in [0.25, 0.3) is 0 Å². The minimum atomic E-state index is -0.0690. The first-order chi connectivity index (χ1) is 13.2. The number of amides is 1. The van der Waals surface area contributed by atoms with Crippen molar-refractivity contribution in [1.29, 1.82) is 0 Å². The largest absolute Gasteiger partial charge is 0.497 e. The molecule has 1 amide bonds. The highest BCUT2D eigenvalue weighted by Crippen LogP contribution is 2.28. The van der Waals surface area contributed by atoms with Gasteiger partial charge in [0.15, 0.2) is 0 Å². The van der Waals surface area contributed by atoms with Crippen LogP contribution in [0.3, 0.4) is 0 Å². The number of aromatic nitrogens is 2. The maximum Gasteiger partial charge on any atom is 0.276 e. The van der Waals surface area contributed by atoms with Crippen LogP contribution in [-0.4, -0.2) is 28.8 Å². The summed E-state index contributed by atoms with van der Waals surface area (Å²) in [6.45, 7) is 2.97. The second-order valence-corrected chi connectivity index (χ2v) is 6.53. The van der Waals surface area contributed by atoms with Crippen LogP contribution >= 0.6 is 0 Å². The minimum Gasteiger partial charge on any atom is -0.497 e. The highest BCUT2D eigenvalue weighted by Gasteiger charge is 2.32. The summed E-state index contributed by atoms with van der Waals surface area (Å²) in [5.74, 6) is 1.44. The number of benzene rings is 2. The molecule has 1 aliphatic rings. The van der Waals surface area contributed by atoms with Crippen molar-refractivity contribution >= 4 is 11.6 Å². The summed E-state index contributed by atoms with van der Waals surface area (Å²) in [5, 5.41) is 4.55. The van der Waals surface area contributed by atoms with Gasteiger partial charge in [-0.05, 0) is 37.3 Å². The summed E-state index contributed by atoms with van der Waals surface area (Å²) in [6.07, 6.45) is 0. The van der Waals surface area contributed by atoms with E-state index in [-0.39, 0.29) is 11.9 Å². The number of rotatable bonds is 5. The Morgan fingerprint density at radius 3 is 2.63 bits per heavy atom. The predicted molar refractivity (Wildman–Crippen MR) is 102 cm³/mol. The Morgan fingerprint density at radius 2 is 1.85 bits per heavy atom. The van der Waals surface area contributed by atoms with Crippen LogP contribution in [0, 0.1) is 0 Å². The first-order valence-electron chi connectivity index (χ1n) is 8.88. The zero-order valence-corrected chi connectivity index (χ0v) is 15.3. The van der Waals surface area contributed by atoms with E-state index in [0.717, 1.165) is 22.9 Å². The quantitative estimate of drug-likeness (QED) is 0.696. The third-order valence-corrected chi connectivity index (χ3v) is 4.61. The number of hydrogen-bond donors (Lipinski definition) is 0. The average molecular weight is 363 g/mol. The van der Waals surface area contributed by atoms with Crippen LogP contribution < -0.4 is 14.4 Å². The fourth-order valence-electron chi connectivity index (χ4n) is 3.31. The Morgan fingerprint density at radius 1 is 1.07 bits per heavy atom. The number of hydrogen-bond acceptors (Lipinski definition) is 4. The fraction of sp³-hybridized carbons (Fsp3) is 0.238. The molecule has 0 radical (unpaired) electrons. The van der Waals surface area contributed by atoms with E-state index in [2.05, 4.69) is 5.10 Å². The summed E-state index contributed by atoms with van der Waals surface area (Å²) in [7, 11) is 1.62. The third-order valence-electron chi connectivity index (χ3n) is 4.61. The van der Waals surface area contributed by atoms with Gasteiger partial charge < -0.3 is 14.4 Å². The molecule has 0 aliphatic carbocycles. The SMILES string of the molecule is COc1cccc(N2C(=O)c3cc(COc4ccccc4)nn3C[C@H]2C)c1. The van der Waals surface area contributed by atoms with Crippen molar-refractivity contribution in [3.8, 4) is 11.5 Å². The molecule has 0 bridgehead atoms. The van der Waals surface area contributed by atoms with Crippen molar-refractivity contribution in [1.82, 2.24) is 9.78 Å². The van der Waals surface area contributed by atoms with E-state index in [1.807, 2.05) is 67.6 Å². The zero-order chi connectivity index (χ0) is 18.8. The monoisotopic (exact) mass is 363 g/mol. The number of nitrogens with zero attached hydrogens (tertiary/aromatic N) is 3. The number of anilines is 1. The van der Waals surface area contributed by atoms with Crippen molar-refractivity contribution < 1.29 is 14.3 Å². The Balaban J connectivity index is 1.57. The van der Waals surface area contributed by atoms with Gasteiger partial charge in [-0.2, -0.15) is 5.10 Å². The number of carbonyl (C=O) groups excluding carboxylic acids is 1. The van der Waals surface area contributed by atoms with Gasteiger partial charge in [-0.3, -0.25) is 9.48 Å². The summed E-state index contributed by atoms with van der Waals surface area (Å²) in [4.78, 5) is 14.9. The van der Waals surface area contributed by atoms with Gasteiger partial charge in [0.25, 0.3) is 5.91 Å². The van der Waals surface area contributed by atoms with Crippen LogP contribution in [-0.2, 0) is 13.2 Å². The molecule has 138 valence electrons. The number of carbonyl (C=O) groups is 1. The van der Waals surface area contributed by atoms with E-state index in [1.54, 1.807) is 16.7 Å². The van der Waals surface area contributed by atoms with E-state index in [0.29, 0.717) is 18.8 Å². The normalized spacial score (nSPS) is 16.1. The lowest BCUT2D eigenvalue weighted by atomic mass is 10.1. The first-order valence-corrected chi connectivity index (χ1v) is 8.88. The van der Waals surface area contributed by atoms with Crippen LogP contribution in [0.15, 0.2) is 60.7 Å². The molecule has 0 N–H and O–H groups in total. The number of ether oxygens (including phenoxy) is 2. The van der Waals surface area contributed by atoms with E-state index >= 15 is 0 Å². The molecule has 1 atom stereocenters. The molecule has 3 aromatic rings. The topological polar surface area (TPSA) is 56.6 Å². The predicted octanol–water partition coefficient (Wildman–Crippen LogP) is 3.52. The van der Waals surface area contributed by atoms with Crippen LogP contribution in [0.1, 0.15) is 23.1 Å². The number of methoxy groups -OCH3 is 1. The third kappa shape index (κ3) is 3.38. The summed E-state index contributed by atoms with van der Waals surface area (Å²) >= 11 is 0. The van der Waals surface area contributed by atoms with Crippen molar-refractivity contribution in [2.24, 2.45) is 0 Å². The van der Waals surface area contributed by atoms with Crippen LogP contribution in [0.2, 0.25) is 0 Å². The van der Waals surface area contributed by atoms with Gasteiger partial charge in [0.2, 0.25) is 0 Å². The lowest BCUT2D eigenvalue weighted by Crippen LogP contribution is -2.46. The molecular weight excluding hydrogens is 342 g/mol. The number of fused-ring (bicyclic) bond motifs is 1. The standard InChI is InChI=1S/C21H21N3O3/c1-15-13-23-20(11-16(22-23)14-27-18-8-4-3-5-9-18)21(25)24(15)17-7-6-10-19(12-17)26-2/h3-12,15H,13-14H2,1-2H3/t15-/m1/s1. The minimum absolute atomic E-state index is 0.0140. The number of para-hydroxylation sites is 1. The molecule has 0 saturated heterocycles. The summed E-state index contributed by atoms with van der Waals surface area (Å²) in [6, 6.07) is 18.9. The molecule has 0 unspecified atom stereocenters. The highest BCUT2D eigenvalue weighted by atomic mass is 16.5. The Bertz CT molecular complexity index is 952. The van der Waals surface area contributed by atoms with E-state index in [9.17, 15) is 4.79 Å². The highest BCUT2D eigenvalue weighted by molar-refractivity contribution is 6.06. The maximum absolute atomic E-state index is 13.1. The second-order valence-electron chi connectivity index (χ2n) is 6.53. The van der Waals surface area contributed by atoms with Crippen molar-refractivity contribution in [3.63, 3.8) is 0 Å². The molecule has 0 fully saturated rings. The Kier molecular flexibility index (Phi) is 4.54. The molecule has 6 nitrogen and oxygen atoms in total. The molecule has 27 heavy (non-hydrogen) atoms. The summed E-state index contributed by atoms with van der Waals surface area (Å²) in [5.41, 5.74) is 2.13. The van der Waals surface area contributed by atoms with E-state index < -0.39 is 0 Å². The average Bonchev–Trinajstić information content (AvgIpc) is 3.10. The Hall–Kier alpha value is -3.28. The molecule has 1 aliphatic heterocycles. The first kappa shape index (κ1) is 17.1. The van der Waals surface area contributed by atoms with Crippen molar-refractivity contribution in [3.05, 3.63) is 72.1 Å². The smallest absolute Gasteiger partial charge is 0.276 e. The maximum atomic E-state index is 13.1. The van der Waals surface area contributed by atoms with Crippen LogP contribution in [0.4, 0.5) is 5.69 Å². The molecular formula is C21H21N3O3. The Labute approximate surface area is 157 Å². The summed E-state index contributed by atoms with van der Waals surface area (Å²) < 4.78 is 12.8. The van der Waals surface area contributed by atoms with E-state index in [1.165, 1.54) is 0 Å². The molecule has 2 heterocycles. The molecule has 0 spiro atoms. The molecule has 0 saturated carbocycles. The van der Waals surface area contributed by atoms with Gasteiger partial charge in [-0.25, -0.2) is 0 Å².